The Kier molecular flexibility index (Phi) is 3.86. The topological polar surface area (TPSA) is 43.4 Å². The average Bonchev–Trinajstić information content (AvgIpc) is 2.19. The van der Waals surface area contributed by atoms with Gasteiger partial charge >= 0.3 is 5.97 Å². The second kappa shape index (κ2) is 4.78. The van der Waals surface area contributed by atoms with Gasteiger partial charge in [-0.15, -0.1) is 0 Å². The van der Waals surface area contributed by atoms with E-state index in [-0.39, 0.29) is 5.97 Å². The molecule has 0 bridgehead atoms. The minimum absolute atomic E-state index is 0.327. The SMILES string of the molecule is CC(C)(C)C(=O)Oc1ccc(Br)c(C=O)c1. The fourth-order valence-corrected chi connectivity index (χ4v) is 1.28. The van der Waals surface area contributed by atoms with Crippen LogP contribution in [0.4, 0.5) is 0 Å². The van der Waals surface area contributed by atoms with Gasteiger partial charge in [0.15, 0.2) is 6.29 Å². The van der Waals surface area contributed by atoms with Crippen molar-refractivity contribution in [1.82, 2.24) is 0 Å². The minimum Gasteiger partial charge on any atom is -0.426 e. The standard InChI is InChI=1S/C12H13BrO3/c1-12(2,3)11(15)16-9-4-5-10(13)8(6-9)7-14/h4-7H,1-3H3. The molecule has 0 saturated heterocycles. The Morgan fingerprint density at radius 3 is 2.50 bits per heavy atom. The molecule has 1 aromatic rings. The third kappa shape index (κ3) is 3.17. The minimum atomic E-state index is -0.561. The molecule has 1 aromatic carbocycles. The summed E-state index contributed by atoms with van der Waals surface area (Å²) in [4.78, 5) is 22.3. The molecule has 0 atom stereocenters. The van der Waals surface area contributed by atoms with E-state index in [1.54, 1.807) is 32.9 Å². The lowest BCUT2D eigenvalue weighted by atomic mass is 9.97. The molecule has 0 radical (unpaired) electrons. The highest BCUT2D eigenvalue weighted by Gasteiger charge is 2.23. The number of hydrogen-bond donors (Lipinski definition) is 0. The van der Waals surface area contributed by atoms with E-state index in [9.17, 15) is 9.59 Å². The summed E-state index contributed by atoms with van der Waals surface area (Å²) in [7, 11) is 0. The fraction of sp³-hybridized carbons (Fsp3) is 0.333. The van der Waals surface area contributed by atoms with Crippen LogP contribution < -0.4 is 4.74 Å². The van der Waals surface area contributed by atoms with Crippen LogP contribution in [0.3, 0.4) is 0 Å². The van der Waals surface area contributed by atoms with Crippen molar-refractivity contribution < 1.29 is 14.3 Å². The number of hydrogen-bond acceptors (Lipinski definition) is 3. The van der Waals surface area contributed by atoms with E-state index < -0.39 is 5.41 Å². The van der Waals surface area contributed by atoms with Crippen LogP contribution in [-0.2, 0) is 4.79 Å². The van der Waals surface area contributed by atoms with E-state index in [1.807, 2.05) is 0 Å². The molecule has 0 N–H and O–H groups in total. The first-order valence-electron chi connectivity index (χ1n) is 4.81. The van der Waals surface area contributed by atoms with E-state index in [1.165, 1.54) is 6.07 Å². The van der Waals surface area contributed by atoms with Gasteiger partial charge in [0.2, 0.25) is 0 Å². The molecule has 0 fully saturated rings. The van der Waals surface area contributed by atoms with Gasteiger partial charge in [-0.1, -0.05) is 15.9 Å². The maximum Gasteiger partial charge on any atom is 0.316 e. The third-order valence-electron chi connectivity index (χ3n) is 1.92. The molecule has 4 heteroatoms. The van der Waals surface area contributed by atoms with Crippen LogP contribution in [0.5, 0.6) is 5.75 Å². The van der Waals surface area contributed by atoms with Crippen LogP contribution in [0.1, 0.15) is 31.1 Å². The smallest absolute Gasteiger partial charge is 0.316 e. The summed E-state index contributed by atoms with van der Waals surface area (Å²) in [6.07, 6.45) is 0.707. The van der Waals surface area contributed by atoms with Crippen LogP contribution in [0.15, 0.2) is 22.7 Å². The van der Waals surface area contributed by atoms with Crippen LogP contribution >= 0.6 is 15.9 Å². The van der Waals surface area contributed by atoms with Gasteiger partial charge in [0.05, 0.1) is 5.41 Å². The van der Waals surface area contributed by atoms with Crippen LogP contribution in [0.2, 0.25) is 0 Å². The van der Waals surface area contributed by atoms with Gasteiger partial charge < -0.3 is 4.74 Å². The number of halogens is 1. The number of carbonyl (C=O) groups is 2. The number of esters is 1. The van der Waals surface area contributed by atoms with Gasteiger partial charge in [-0.05, 0) is 39.0 Å². The fourth-order valence-electron chi connectivity index (χ4n) is 0.936. The van der Waals surface area contributed by atoms with Crippen LogP contribution in [0.25, 0.3) is 0 Å². The zero-order valence-electron chi connectivity index (χ0n) is 9.41. The molecule has 1 rings (SSSR count). The monoisotopic (exact) mass is 284 g/mol. The second-order valence-electron chi connectivity index (χ2n) is 4.44. The highest BCUT2D eigenvalue weighted by molar-refractivity contribution is 9.10. The first-order valence-corrected chi connectivity index (χ1v) is 5.61. The predicted octanol–water partition coefficient (Wildman–Crippen LogP) is 3.21. The number of rotatable bonds is 2. The van der Waals surface area contributed by atoms with E-state index >= 15 is 0 Å². The largest absolute Gasteiger partial charge is 0.426 e. The zero-order chi connectivity index (χ0) is 12.3. The summed E-state index contributed by atoms with van der Waals surface area (Å²) < 4.78 is 5.84. The average molecular weight is 285 g/mol. The molecule has 0 aliphatic carbocycles. The van der Waals surface area contributed by atoms with Crippen LogP contribution in [-0.4, -0.2) is 12.3 Å². The summed E-state index contributed by atoms with van der Waals surface area (Å²) in [5.41, 5.74) is -0.103. The third-order valence-corrected chi connectivity index (χ3v) is 2.64. The molecule has 0 aliphatic rings. The van der Waals surface area contributed by atoms with Crippen LogP contribution in [0, 0.1) is 5.41 Å². The quantitative estimate of drug-likeness (QED) is 0.476. The predicted molar refractivity (Wildman–Crippen MR) is 64.6 cm³/mol. The molecule has 16 heavy (non-hydrogen) atoms. The summed E-state index contributed by atoms with van der Waals surface area (Å²) in [6, 6.07) is 4.84. The normalized spacial score (nSPS) is 11.0. The lowest BCUT2D eigenvalue weighted by molar-refractivity contribution is -0.143. The van der Waals surface area contributed by atoms with E-state index in [0.717, 1.165) is 0 Å². The Labute approximate surface area is 103 Å². The number of benzene rings is 1. The highest BCUT2D eigenvalue weighted by Crippen LogP contribution is 2.23. The molecule has 0 unspecified atom stereocenters. The molecule has 0 aliphatic heterocycles. The van der Waals surface area contributed by atoms with Crippen molar-refractivity contribution in [2.45, 2.75) is 20.8 Å². The van der Waals surface area contributed by atoms with E-state index in [4.69, 9.17) is 4.74 Å². The van der Waals surface area contributed by atoms with Crippen molar-refractivity contribution in [2.24, 2.45) is 5.41 Å². The summed E-state index contributed by atoms with van der Waals surface area (Å²) >= 11 is 3.22. The summed E-state index contributed by atoms with van der Waals surface area (Å²) in [6.45, 7) is 5.32. The number of aldehydes is 1. The Balaban J connectivity index is 2.91. The Morgan fingerprint density at radius 1 is 1.38 bits per heavy atom. The lowest BCUT2D eigenvalue weighted by Crippen LogP contribution is -2.25. The Bertz CT molecular complexity index is 419. The Morgan fingerprint density at radius 2 is 2.00 bits per heavy atom. The molecule has 0 saturated carbocycles. The van der Waals surface area contributed by atoms with Crippen molar-refractivity contribution in [1.29, 1.82) is 0 Å². The highest BCUT2D eigenvalue weighted by atomic mass is 79.9. The summed E-state index contributed by atoms with van der Waals surface area (Å²) in [5, 5.41) is 0. The van der Waals surface area contributed by atoms with Crippen molar-refractivity contribution in [2.75, 3.05) is 0 Å². The van der Waals surface area contributed by atoms with Crippen molar-refractivity contribution in [3.63, 3.8) is 0 Å². The molecule has 0 heterocycles. The molecule has 3 nitrogen and oxygen atoms in total. The zero-order valence-corrected chi connectivity index (χ0v) is 11.0. The van der Waals surface area contributed by atoms with Gasteiger partial charge in [-0.3, -0.25) is 9.59 Å². The van der Waals surface area contributed by atoms with Gasteiger partial charge in [0.1, 0.15) is 5.75 Å². The van der Waals surface area contributed by atoms with Gasteiger partial charge in [-0.25, -0.2) is 0 Å². The molecular formula is C12H13BrO3. The molecule has 86 valence electrons. The summed E-state index contributed by atoms with van der Waals surface area (Å²) in [5.74, 6) is 0.0527. The maximum absolute atomic E-state index is 11.6. The molecular weight excluding hydrogens is 272 g/mol. The first-order chi connectivity index (χ1) is 7.34. The van der Waals surface area contributed by atoms with Gasteiger partial charge in [0, 0.05) is 10.0 Å². The molecule has 0 aromatic heterocycles. The van der Waals surface area contributed by atoms with E-state index in [0.29, 0.717) is 22.1 Å². The van der Waals surface area contributed by atoms with Gasteiger partial charge in [0.25, 0.3) is 0 Å². The molecule has 0 amide bonds. The molecule has 0 spiro atoms. The number of ether oxygens (including phenoxy) is 1. The lowest BCUT2D eigenvalue weighted by Gasteiger charge is -2.16. The van der Waals surface area contributed by atoms with Crippen molar-refractivity contribution in [3.05, 3.63) is 28.2 Å². The van der Waals surface area contributed by atoms with Gasteiger partial charge in [-0.2, -0.15) is 0 Å². The second-order valence-corrected chi connectivity index (χ2v) is 5.30. The Hall–Kier alpha value is -1.16. The van der Waals surface area contributed by atoms with Crippen molar-refractivity contribution >= 4 is 28.2 Å². The van der Waals surface area contributed by atoms with E-state index in [2.05, 4.69) is 15.9 Å². The number of carbonyl (C=O) groups excluding carboxylic acids is 2. The first kappa shape index (κ1) is 12.9. The van der Waals surface area contributed by atoms with Crippen molar-refractivity contribution in [3.8, 4) is 5.75 Å². The maximum atomic E-state index is 11.6.